The Morgan fingerprint density at radius 2 is 2.06 bits per heavy atom. The lowest BCUT2D eigenvalue weighted by molar-refractivity contribution is 0.0771. The van der Waals surface area contributed by atoms with E-state index >= 15 is 0 Å². The lowest BCUT2D eigenvalue weighted by Gasteiger charge is -2.26. The molecule has 0 spiro atoms. The standard InChI is InChI=1S/C11H13BrN2OS/c12-10-2-1-8(13)7-9(10)11(15)14-3-5-16-6-4-14/h1-2,7H,3-6,13H2. The number of carbonyl (C=O) groups excluding carboxylic acids is 1. The largest absolute Gasteiger partial charge is 0.399 e. The monoisotopic (exact) mass is 300 g/mol. The molecule has 5 heteroatoms. The second-order valence-electron chi connectivity index (χ2n) is 3.64. The number of rotatable bonds is 1. The van der Waals surface area contributed by atoms with E-state index in [-0.39, 0.29) is 5.91 Å². The molecule has 1 aromatic carbocycles. The van der Waals surface area contributed by atoms with E-state index in [2.05, 4.69) is 15.9 Å². The molecule has 0 bridgehead atoms. The molecule has 0 aliphatic carbocycles. The summed E-state index contributed by atoms with van der Waals surface area (Å²) in [6, 6.07) is 5.34. The molecule has 0 aromatic heterocycles. The zero-order valence-electron chi connectivity index (χ0n) is 8.78. The summed E-state index contributed by atoms with van der Waals surface area (Å²) < 4.78 is 0.810. The van der Waals surface area contributed by atoms with Gasteiger partial charge in [0.15, 0.2) is 0 Å². The third kappa shape index (κ3) is 2.52. The number of hydrogen-bond donors (Lipinski definition) is 1. The predicted molar refractivity (Wildman–Crippen MR) is 71.8 cm³/mol. The third-order valence-electron chi connectivity index (χ3n) is 2.52. The smallest absolute Gasteiger partial charge is 0.255 e. The molecule has 2 N–H and O–H groups in total. The maximum atomic E-state index is 12.2. The fourth-order valence-corrected chi connectivity index (χ4v) is 2.96. The highest BCUT2D eigenvalue weighted by Gasteiger charge is 2.20. The number of nitrogens with zero attached hydrogens (tertiary/aromatic N) is 1. The van der Waals surface area contributed by atoms with Crippen molar-refractivity contribution >= 4 is 39.3 Å². The third-order valence-corrected chi connectivity index (χ3v) is 4.15. The number of amides is 1. The van der Waals surface area contributed by atoms with Crippen molar-refractivity contribution in [1.29, 1.82) is 0 Å². The Morgan fingerprint density at radius 3 is 2.75 bits per heavy atom. The second-order valence-corrected chi connectivity index (χ2v) is 5.72. The van der Waals surface area contributed by atoms with Gasteiger partial charge in [0.05, 0.1) is 5.56 Å². The molecule has 0 saturated carbocycles. The fourth-order valence-electron chi connectivity index (χ4n) is 1.64. The number of halogens is 1. The van der Waals surface area contributed by atoms with Gasteiger partial charge in [0.2, 0.25) is 0 Å². The number of thioether (sulfide) groups is 1. The van der Waals surface area contributed by atoms with Crippen molar-refractivity contribution in [1.82, 2.24) is 4.90 Å². The van der Waals surface area contributed by atoms with Crippen LogP contribution in [0.1, 0.15) is 10.4 Å². The average Bonchev–Trinajstić information content (AvgIpc) is 2.32. The molecule has 1 saturated heterocycles. The zero-order chi connectivity index (χ0) is 11.5. The Morgan fingerprint density at radius 1 is 1.38 bits per heavy atom. The quantitative estimate of drug-likeness (QED) is 0.809. The van der Waals surface area contributed by atoms with Crippen molar-refractivity contribution in [2.75, 3.05) is 30.3 Å². The Hall–Kier alpha value is -0.680. The van der Waals surface area contributed by atoms with Crippen LogP contribution in [0.3, 0.4) is 0 Å². The average molecular weight is 301 g/mol. The normalized spacial score (nSPS) is 16.2. The minimum Gasteiger partial charge on any atom is -0.399 e. The maximum Gasteiger partial charge on any atom is 0.255 e. The Bertz CT molecular complexity index is 405. The van der Waals surface area contributed by atoms with Gasteiger partial charge in [-0.25, -0.2) is 0 Å². The summed E-state index contributed by atoms with van der Waals surface area (Å²) in [5.41, 5.74) is 6.98. The van der Waals surface area contributed by atoms with Crippen LogP contribution in [0.4, 0.5) is 5.69 Å². The summed E-state index contributed by atoms with van der Waals surface area (Å²) in [5.74, 6) is 2.11. The van der Waals surface area contributed by atoms with Crippen LogP contribution in [0.25, 0.3) is 0 Å². The van der Waals surface area contributed by atoms with Gasteiger partial charge in [0.25, 0.3) is 5.91 Å². The molecule has 16 heavy (non-hydrogen) atoms. The molecule has 1 amide bonds. The molecule has 1 aromatic rings. The molecule has 86 valence electrons. The lowest BCUT2D eigenvalue weighted by Crippen LogP contribution is -2.38. The highest BCUT2D eigenvalue weighted by Crippen LogP contribution is 2.22. The molecule has 2 rings (SSSR count). The highest BCUT2D eigenvalue weighted by atomic mass is 79.9. The molecular weight excluding hydrogens is 288 g/mol. The van der Waals surface area contributed by atoms with E-state index in [1.165, 1.54) is 0 Å². The van der Waals surface area contributed by atoms with Gasteiger partial charge in [-0.15, -0.1) is 0 Å². The number of carbonyl (C=O) groups is 1. The number of nitrogens with two attached hydrogens (primary N) is 1. The Kier molecular flexibility index (Phi) is 3.76. The summed E-state index contributed by atoms with van der Waals surface area (Å²) in [6.45, 7) is 1.65. The topological polar surface area (TPSA) is 46.3 Å². The van der Waals surface area contributed by atoms with Crippen LogP contribution >= 0.6 is 27.7 Å². The molecular formula is C11H13BrN2OS. The van der Waals surface area contributed by atoms with Crippen molar-refractivity contribution < 1.29 is 4.79 Å². The zero-order valence-corrected chi connectivity index (χ0v) is 11.2. The van der Waals surface area contributed by atoms with E-state index in [4.69, 9.17) is 5.73 Å². The number of nitrogen functional groups attached to an aromatic ring is 1. The molecule has 0 radical (unpaired) electrons. The van der Waals surface area contributed by atoms with Gasteiger partial charge in [0, 0.05) is 34.8 Å². The van der Waals surface area contributed by atoms with E-state index in [1.54, 1.807) is 12.1 Å². The van der Waals surface area contributed by atoms with Gasteiger partial charge >= 0.3 is 0 Å². The van der Waals surface area contributed by atoms with E-state index in [0.29, 0.717) is 11.3 Å². The summed E-state index contributed by atoms with van der Waals surface area (Å²) in [5, 5.41) is 0. The molecule has 3 nitrogen and oxygen atoms in total. The number of benzene rings is 1. The van der Waals surface area contributed by atoms with Crippen LogP contribution in [0.2, 0.25) is 0 Å². The molecule has 0 unspecified atom stereocenters. The van der Waals surface area contributed by atoms with Gasteiger partial charge in [-0.3, -0.25) is 4.79 Å². The number of anilines is 1. The lowest BCUT2D eigenvalue weighted by atomic mass is 10.2. The first-order chi connectivity index (χ1) is 7.68. The number of hydrogen-bond acceptors (Lipinski definition) is 3. The van der Waals surface area contributed by atoms with Crippen LogP contribution in [-0.2, 0) is 0 Å². The Labute approximate surface area is 108 Å². The molecule has 1 aliphatic heterocycles. The van der Waals surface area contributed by atoms with Crippen molar-refractivity contribution in [3.05, 3.63) is 28.2 Å². The minimum atomic E-state index is 0.0690. The first-order valence-electron chi connectivity index (χ1n) is 5.10. The molecule has 0 atom stereocenters. The first-order valence-corrected chi connectivity index (χ1v) is 7.05. The van der Waals surface area contributed by atoms with Crippen LogP contribution in [0.5, 0.6) is 0 Å². The second kappa shape index (κ2) is 5.10. The van der Waals surface area contributed by atoms with Gasteiger partial charge in [-0.2, -0.15) is 11.8 Å². The van der Waals surface area contributed by atoms with Gasteiger partial charge in [0.1, 0.15) is 0 Å². The highest BCUT2D eigenvalue weighted by molar-refractivity contribution is 9.10. The molecule has 1 aliphatic rings. The first kappa shape index (κ1) is 11.8. The van der Waals surface area contributed by atoms with Crippen molar-refractivity contribution in [2.45, 2.75) is 0 Å². The van der Waals surface area contributed by atoms with Crippen LogP contribution in [0.15, 0.2) is 22.7 Å². The molecule has 1 heterocycles. The van der Waals surface area contributed by atoms with Crippen molar-refractivity contribution in [2.24, 2.45) is 0 Å². The van der Waals surface area contributed by atoms with E-state index in [0.717, 1.165) is 29.1 Å². The summed E-state index contributed by atoms with van der Waals surface area (Å²) in [4.78, 5) is 14.1. The van der Waals surface area contributed by atoms with Crippen LogP contribution in [-0.4, -0.2) is 35.4 Å². The van der Waals surface area contributed by atoms with Gasteiger partial charge in [-0.1, -0.05) is 0 Å². The van der Waals surface area contributed by atoms with Crippen LogP contribution in [0, 0.1) is 0 Å². The molecule has 1 fully saturated rings. The summed E-state index contributed by atoms with van der Waals surface area (Å²) in [6.07, 6.45) is 0. The fraction of sp³-hybridized carbons (Fsp3) is 0.364. The van der Waals surface area contributed by atoms with E-state index < -0.39 is 0 Å². The van der Waals surface area contributed by atoms with Gasteiger partial charge in [-0.05, 0) is 34.1 Å². The van der Waals surface area contributed by atoms with E-state index in [9.17, 15) is 4.79 Å². The Balaban J connectivity index is 2.22. The predicted octanol–water partition coefficient (Wildman–Crippen LogP) is 2.22. The minimum absolute atomic E-state index is 0.0690. The van der Waals surface area contributed by atoms with Crippen LogP contribution < -0.4 is 5.73 Å². The maximum absolute atomic E-state index is 12.2. The van der Waals surface area contributed by atoms with Crippen molar-refractivity contribution in [3.8, 4) is 0 Å². The van der Waals surface area contributed by atoms with E-state index in [1.807, 2.05) is 22.7 Å². The summed E-state index contributed by atoms with van der Waals surface area (Å²) in [7, 11) is 0. The van der Waals surface area contributed by atoms with Crippen molar-refractivity contribution in [3.63, 3.8) is 0 Å². The van der Waals surface area contributed by atoms with Gasteiger partial charge < -0.3 is 10.6 Å². The summed E-state index contributed by atoms with van der Waals surface area (Å²) >= 11 is 5.28. The SMILES string of the molecule is Nc1ccc(Br)c(C(=O)N2CCSCC2)c1.